The van der Waals surface area contributed by atoms with E-state index in [1.54, 1.807) is 10.6 Å². The number of amides is 1. The van der Waals surface area contributed by atoms with Crippen LogP contribution in [0, 0.1) is 0 Å². The number of nitrogens with two attached hydrogens (primary N) is 1. The van der Waals surface area contributed by atoms with Gasteiger partial charge in [0.2, 0.25) is 0 Å². The Balaban J connectivity index is 2.44. The van der Waals surface area contributed by atoms with Crippen molar-refractivity contribution in [2.24, 2.45) is 12.8 Å². The van der Waals surface area contributed by atoms with E-state index >= 15 is 0 Å². The number of nitrogens with zero attached hydrogens (tertiary/aromatic N) is 1. The molecule has 0 radical (unpaired) electrons. The smallest absolute Gasteiger partial charge is 0.268 e. The molecule has 3 N–H and O–H groups in total. The summed E-state index contributed by atoms with van der Waals surface area (Å²) in [6, 6.07) is 3.62. The number of carbonyl (C=O) groups excluding carboxylic acids is 1. The minimum atomic E-state index is -0.0702. The fourth-order valence-corrected chi connectivity index (χ4v) is 1.12. The fraction of sp³-hybridized carbons (Fsp3) is 0.300. The number of aromatic nitrogens is 1. The van der Waals surface area contributed by atoms with Gasteiger partial charge < -0.3 is 15.6 Å². The van der Waals surface area contributed by atoms with Crippen LogP contribution in [0.25, 0.3) is 0 Å². The van der Waals surface area contributed by atoms with Gasteiger partial charge in [-0.05, 0) is 12.1 Å². The molecule has 76 valence electrons. The average Bonchev–Trinajstić information content (AvgIpc) is 2.59. The van der Waals surface area contributed by atoms with Gasteiger partial charge in [-0.15, -0.1) is 0 Å². The predicted molar refractivity (Wildman–Crippen MR) is 55.9 cm³/mol. The molecule has 0 aliphatic carbocycles. The minimum absolute atomic E-state index is 0.0702. The second-order valence-electron chi connectivity index (χ2n) is 2.92. The van der Waals surface area contributed by atoms with E-state index in [4.69, 9.17) is 5.73 Å². The highest BCUT2D eigenvalue weighted by Crippen LogP contribution is 1.98. The van der Waals surface area contributed by atoms with Crippen LogP contribution in [0.4, 0.5) is 0 Å². The number of aryl methyl sites for hydroxylation is 1. The summed E-state index contributed by atoms with van der Waals surface area (Å²) in [5, 5.41) is 2.76. The zero-order valence-corrected chi connectivity index (χ0v) is 8.23. The second kappa shape index (κ2) is 5.24. The van der Waals surface area contributed by atoms with Gasteiger partial charge in [0.1, 0.15) is 5.69 Å². The van der Waals surface area contributed by atoms with Crippen LogP contribution in [0.5, 0.6) is 0 Å². The van der Waals surface area contributed by atoms with Gasteiger partial charge in [-0.25, -0.2) is 0 Å². The Bertz CT molecular complexity index is 328. The molecule has 4 nitrogen and oxygen atoms in total. The van der Waals surface area contributed by atoms with Crippen LogP contribution in [0.3, 0.4) is 0 Å². The van der Waals surface area contributed by atoms with Crippen LogP contribution in [-0.4, -0.2) is 23.6 Å². The molecule has 1 heterocycles. The van der Waals surface area contributed by atoms with Gasteiger partial charge in [0.05, 0.1) is 0 Å². The SMILES string of the molecule is Cn1cccc1C(=O)NC/C=C/CN. The van der Waals surface area contributed by atoms with Gasteiger partial charge in [-0.2, -0.15) is 0 Å². The van der Waals surface area contributed by atoms with Crippen molar-refractivity contribution in [1.82, 2.24) is 9.88 Å². The number of carbonyl (C=O) groups is 1. The third-order valence-corrected chi connectivity index (χ3v) is 1.86. The standard InChI is InChI=1S/C10H15N3O/c1-13-8-4-5-9(13)10(14)12-7-3-2-6-11/h2-5,8H,6-7,11H2,1H3,(H,12,14)/b3-2+. The summed E-state index contributed by atoms with van der Waals surface area (Å²) in [6.07, 6.45) is 5.48. The summed E-state index contributed by atoms with van der Waals surface area (Å²) in [5.74, 6) is -0.0702. The molecule has 1 aromatic heterocycles. The van der Waals surface area contributed by atoms with E-state index in [9.17, 15) is 4.79 Å². The molecule has 0 fully saturated rings. The Hall–Kier alpha value is -1.55. The second-order valence-corrected chi connectivity index (χ2v) is 2.92. The van der Waals surface area contributed by atoms with Crippen molar-refractivity contribution >= 4 is 5.91 Å². The summed E-state index contributed by atoms with van der Waals surface area (Å²) >= 11 is 0. The van der Waals surface area contributed by atoms with Gasteiger partial charge in [-0.3, -0.25) is 4.79 Å². The Morgan fingerprint density at radius 2 is 2.43 bits per heavy atom. The van der Waals surface area contributed by atoms with E-state index in [1.807, 2.05) is 31.5 Å². The monoisotopic (exact) mass is 193 g/mol. The Labute approximate surface area is 83.4 Å². The predicted octanol–water partition coefficient (Wildman–Crippen LogP) is 0.270. The normalized spacial score (nSPS) is 10.7. The first-order chi connectivity index (χ1) is 6.75. The molecule has 0 aromatic carbocycles. The van der Waals surface area contributed by atoms with Gasteiger partial charge in [0.15, 0.2) is 0 Å². The maximum atomic E-state index is 11.5. The summed E-state index contributed by atoms with van der Waals surface area (Å²) in [5.41, 5.74) is 5.92. The number of hydrogen-bond donors (Lipinski definition) is 2. The molecule has 0 spiro atoms. The van der Waals surface area contributed by atoms with Crippen LogP contribution in [0.1, 0.15) is 10.5 Å². The minimum Gasteiger partial charge on any atom is -0.347 e. The lowest BCUT2D eigenvalue weighted by atomic mass is 10.4. The highest BCUT2D eigenvalue weighted by atomic mass is 16.1. The summed E-state index contributed by atoms with van der Waals surface area (Å²) in [7, 11) is 1.84. The molecule has 0 saturated carbocycles. The highest BCUT2D eigenvalue weighted by molar-refractivity contribution is 5.92. The van der Waals surface area contributed by atoms with Crippen molar-refractivity contribution in [1.29, 1.82) is 0 Å². The first kappa shape index (κ1) is 10.5. The molecular weight excluding hydrogens is 178 g/mol. The molecule has 4 heteroatoms. The van der Waals surface area contributed by atoms with E-state index in [-0.39, 0.29) is 5.91 Å². The van der Waals surface area contributed by atoms with E-state index < -0.39 is 0 Å². The lowest BCUT2D eigenvalue weighted by Crippen LogP contribution is -2.25. The van der Waals surface area contributed by atoms with E-state index in [1.165, 1.54) is 0 Å². The van der Waals surface area contributed by atoms with E-state index in [2.05, 4.69) is 5.32 Å². The molecule has 0 aliphatic heterocycles. The van der Waals surface area contributed by atoms with Crippen molar-refractivity contribution in [2.45, 2.75) is 0 Å². The lowest BCUT2D eigenvalue weighted by Gasteiger charge is -2.02. The first-order valence-electron chi connectivity index (χ1n) is 4.50. The Morgan fingerprint density at radius 3 is 3.00 bits per heavy atom. The van der Waals surface area contributed by atoms with E-state index in [0.717, 1.165) is 0 Å². The molecule has 0 atom stereocenters. The van der Waals surface area contributed by atoms with Crippen molar-refractivity contribution in [3.63, 3.8) is 0 Å². The molecule has 0 unspecified atom stereocenters. The average molecular weight is 193 g/mol. The van der Waals surface area contributed by atoms with E-state index in [0.29, 0.717) is 18.8 Å². The summed E-state index contributed by atoms with van der Waals surface area (Å²) in [6.45, 7) is 1.02. The molecule has 1 amide bonds. The zero-order chi connectivity index (χ0) is 10.4. The third kappa shape index (κ3) is 2.74. The Kier molecular flexibility index (Phi) is 3.94. The molecule has 14 heavy (non-hydrogen) atoms. The number of hydrogen-bond acceptors (Lipinski definition) is 2. The summed E-state index contributed by atoms with van der Waals surface area (Å²) < 4.78 is 1.78. The van der Waals surface area contributed by atoms with Crippen molar-refractivity contribution in [3.8, 4) is 0 Å². The fourth-order valence-electron chi connectivity index (χ4n) is 1.12. The number of nitrogens with one attached hydrogen (secondary N) is 1. The van der Waals surface area contributed by atoms with Crippen molar-refractivity contribution in [3.05, 3.63) is 36.2 Å². The van der Waals surface area contributed by atoms with Crippen molar-refractivity contribution < 1.29 is 4.79 Å². The largest absolute Gasteiger partial charge is 0.347 e. The molecule has 0 bridgehead atoms. The molecule has 1 aromatic rings. The van der Waals surface area contributed by atoms with Gasteiger partial charge >= 0.3 is 0 Å². The number of rotatable bonds is 4. The molecule has 0 aliphatic rings. The van der Waals surface area contributed by atoms with Gasteiger partial charge in [0, 0.05) is 26.3 Å². The quantitative estimate of drug-likeness (QED) is 0.674. The first-order valence-corrected chi connectivity index (χ1v) is 4.50. The van der Waals surface area contributed by atoms with Gasteiger partial charge in [-0.1, -0.05) is 12.2 Å². The lowest BCUT2D eigenvalue weighted by molar-refractivity contribution is 0.0950. The van der Waals surface area contributed by atoms with Gasteiger partial charge in [0.25, 0.3) is 5.91 Å². The zero-order valence-electron chi connectivity index (χ0n) is 8.23. The third-order valence-electron chi connectivity index (χ3n) is 1.86. The maximum Gasteiger partial charge on any atom is 0.268 e. The molecular formula is C10H15N3O. The Morgan fingerprint density at radius 1 is 1.64 bits per heavy atom. The topological polar surface area (TPSA) is 60.0 Å². The van der Waals surface area contributed by atoms with Crippen molar-refractivity contribution in [2.75, 3.05) is 13.1 Å². The maximum absolute atomic E-state index is 11.5. The highest BCUT2D eigenvalue weighted by Gasteiger charge is 2.05. The molecule has 0 saturated heterocycles. The van der Waals surface area contributed by atoms with Crippen LogP contribution < -0.4 is 11.1 Å². The summed E-state index contributed by atoms with van der Waals surface area (Å²) in [4.78, 5) is 11.5. The van der Waals surface area contributed by atoms with Crippen LogP contribution in [0.15, 0.2) is 30.5 Å². The van der Waals surface area contributed by atoms with Crippen LogP contribution in [-0.2, 0) is 7.05 Å². The van der Waals surface area contributed by atoms with Crippen LogP contribution >= 0.6 is 0 Å². The van der Waals surface area contributed by atoms with Crippen LogP contribution in [0.2, 0.25) is 0 Å². The molecule has 1 rings (SSSR count).